The highest BCUT2D eigenvalue weighted by molar-refractivity contribution is 5.76. The maximum Gasteiger partial charge on any atom is 0.305 e. The summed E-state index contributed by atoms with van der Waals surface area (Å²) in [7, 11) is 0. The molecule has 0 aliphatic carbocycles. The molecule has 0 aromatic carbocycles. The molecule has 1 saturated heterocycles. The van der Waals surface area contributed by atoms with Crippen LogP contribution in [-0.2, 0) is 23.8 Å². The van der Waals surface area contributed by atoms with Gasteiger partial charge in [-0.05, 0) is 70.6 Å². The van der Waals surface area contributed by atoms with E-state index < -0.39 is 49.5 Å². The SMILES string of the molecule is CCCCC/C=C/CC/C=C/C(O)C(COC1OC(CO)C(O)C(O)C1O)NC(=O)CCCCCCCCC/C=C\CCCCCCCCCCCOC(=O)CCCCCCCCCCCCCCCCCC. The first-order valence-electron chi connectivity index (χ1n) is 30.8. The van der Waals surface area contributed by atoms with Gasteiger partial charge in [0.05, 0.1) is 32.0 Å². The lowest BCUT2D eigenvalue weighted by atomic mass is 9.99. The Kier molecular flexibility index (Phi) is 49.0. The molecule has 1 fully saturated rings. The maximum absolute atomic E-state index is 13.0. The summed E-state index contributed by atoms with van der Waals surface area (Å²) < 4.78 is 16.7. The molecule has 7 atom stereocenters. The van der Waals surface area contributed by atoms with Gasteiger partial charge in [0.1, 0.15) is 24.4 Å². The molecule has 7 unspecified atom stereocenters. The summed E-state index contributed by atoms with van der Waals surface area (Å²) >= 11 is 0. The van der Waals surface area contributed by atoms with Crippen LogP contribution in [0.2, 0.25) is 0 Å². The summed E-state index contributed by atoms with van der Waals surface area (Å²) in [6, 6.07) is -0.832. The first kappa shape index (κ1) is 68.9. The Bertz CT molecular complexity index is 1310. The van der Waals surface area contributed by atoms with E-state index in [1.807, 2.05) is 6.08 Å². The lowest BCUT2D eigenvalue weighted by Crippen LogP contribution is -2.60. The van der Waals surface area contributed by atoms with E-state index in [0.29, 0.717) is 19.4 Å². The monoisotopic (exact) mass is 1030 g/mol. The Morgan fingerprint density at radius 2 is 0.890 bits per heavy atom. The second-order valence-corrected chi connectivity index (χ2v) is 21.4. The number of carbonyl (C=O) groups is 2. The lowest BCUT2D eigenvalue weighted by Gasteiger charge is -2.40. The average molecular weight is 1030 g/mol. The van der Waals surface area contributed by atoms with Gasteiger partial charge in [-0.3, -0.25) is 9.59 Å². The molecule has 1 aliphatic rings. The fourth-order valence-corrected chi connectivity index (χ4v) is 9.56. The van der Waals surface area contributed by atoms with Crippen molar-refractivity contribution in [2.45, 2.75) is 326 Å². The predicted octanol–water partition coefficient (Wildman–Crippen LogP) is 14.3. The van der Waals surface area contributed by atoms with Crippen molar-refractivity contribution in [1.82, 2.24) is 5.32 Å². The van der Waals surface area contributed by atoms with Crippen LogP contribution in [0, 0.1) is 0 Å². The molecule has 0 spiro atoms. The minimum atomic E-state index is -1.58. The molecule has 0 aromatic heterocycles. The van der Waals surface area contributed by atoms with Crippen molar-refractivity contribution in [2.75, 3.05) is 19.8 Å². The molecule has 6 N–H and O–H groups in total. The molecule has 1 aliphatic heterocycles. The Labute approximate surface area is 447 Å². The second-order valence-electron chi connectivity index (χ2n) is 21.4. The normalized spacial score (nSPS) is 19.1. The van der Waals surface area contributed by atoms with E-state index >= 15 is 0 Å². The molecule has 0 radical (unpaired) electrons. The topological polar surface area (TPSA) is 175 Å². The third-order valence-electron chi connectivity index (χ3n) is 14.5. The minimum Gasteiger partial charge on any atom is -0.466 e. The van der Waals surface area contributed by atoms with Crippen molar-refractivity contribution in [3.05, 3.63) is 36.5 Å². The van der Waals surface area contributed by atoms with Crippen molar-refractivity contribution in [1.29, 1.82) is 0 Å². The number of rotatable bonds is 53. The fraction of sp³-hybridized carbons (Fsp3) is 0.871. The summed E-state index contributed by atoms with van der Waals surface area (Å²) in [5, 5.41) is 54.1. The fourth-order valence-electron chi connectivity index (χ4n) is 9.56. The van der Waals surface area contributed by atoms with E-state index in [1.54, 1.807) is 6.08 Å². The number of hydrogen-bond acceptors (Lipinski definition) is 10. The number of amides is 1. The molecule has 0 bridgehead atoms. The number of hydrogen-bond donors (Lipinski definition) is 6. The van der Waals surface area contributed by atoms with Gasteiger partial charge in [0.15, 0.2) is 6.29 Å². The molecule has 0 aromatic rings. The zero-order valence-corrected chi connectivity index (χ0v) is 47.1. The molecule has 11 nitrogen and oxygen atoms in total. The Morgan fingerprint density at radius 1 is 0.493 bits per heavy atom. The average Bonchev–Trinajstić information content (AvgIpc) is 3.39. The molecular weight excluding hydrogens is 919 g/mol. The van der Waals surface area contributed by atoms with Gasteiger partial charge in [-0.2, -0.15) is 0 Å². The van der Waals surface area contributed by atoms with Crippen LogP contribution in [-0.4, -0.2) is 100 Å². The Morgan fingerprint density at radius 3 is 1.38 bits per heavy atom. The summed E-state index contributed by atoms with van der Waals surface area (Å²) in [6.07, 6.45) is 54.1. The second kappa shape index (κ2) is 52.0. The number of allylic oxidation sites excluding steroid dienone is 5. The molecule has 0 saturated carbocycles. The standard InChI is InChI=1S/C62H115NO10/c1-3-5-7-9-11-13-14-15-16-24-27-30-34-38-42-46-50-58(67)71-51-47-43-39-35-31-28-25-22-20-18-17-19-21-23-26-29-33-37-41-45-49-57(66)63-54(55(65)48-44-40-36-32-12-10-8-6-4-2)53-72-62-61(70)60(69)59(68)56(52-64)73-62/h12,17,19,32,44,48,54-56,59-62,64-65,68-70H,3-11,13-16,18,20-31,33-43,45-47,49-53H2,1-2H3,(H,63,66)/b19-17-,32-12+,48-44+. The van der Waals surface area contributed by atoms with Crippen LogP contribution < -0.4 is 5.32 Å². The zero-order chi connectivity index (χ0) is 53.1. The molecule has 1 rings (SSSR count). The summed E-state index contributed by atoms with van der Waals surface area (Å²) in [5.41, 5.74) is 0. The molecule has 1 heterocycles. The van der Waals surface area contributed by atoms with Crippen molar-refractivity contribution in [3.8, 4) is 0 Å². The highest BCUT2D eigenvalue weighted by atomic mass is 16.7. The number of esters is 1. The largest absolute Gasteiger partial charge is 0.466 e. The van der Waals surface area contributed by atoms with E-state index in [0.717, 1.165) is 77.0 Å². The van der Waals surface area contributed by atoms with Gasteiger partial charge in [-0.1, -0.05) is 237 Å². The van der Waals surface area contributed by atoms with E-state index in [-0.39, 0.29) is 18.5 Å². The molecule has 1 amide bonds. The number of nitrogens with one attached hydrogen (secondary N) is 1. The highest BCUT2D eigenvalue weighted by Gasteiger charge is 2.44. The van der Waals surface area contributed by atoms with Crippen molar-refractivity contribution in [3.63, 3.8) is 0 Å². The van der Waals surface area contributed by atoms with Crippen LogP contribution in [0.3, 0.4) is 0 Å². The molecular formula is C62H115NO10. The Hall–Kier alpha value is -2.12. The summed E-state index contributed by atoms with van der Waals surface area (Å²) in [4.78, 5) is 25.1. The number of aliphatic hydroxyl groups excluding tert-OH is 5. The lowest BCUT2D eigenvalue weighted by molar-refractivity contribution is -0.302. The van der Waals surface area contributed by atoms with Crippen molar-refractivity contribution in [2.24, 2.45) is 0 Å². The van der Waals surface area contributed by atoms with E-state index in [1.165, 1.54) is 180 Å². The van der Waals surface area contributed by atoms with Gasteiger partial charge in [-0.15, -0.1) is 0 Å². The summed E-state index contributed by atoms with van der Waals surface area (Å²) in [5.74, 6) is -0.208. The van der Waals surface area contributed by atoms with Gasteiger partial charge < -0.3 is 45.1 Å². The summed E-state index contributed by atoms with van der Waals surface area (Å²) in [6.45, 7) is 4.27. The van der Waals surface area contributed by atoms with Crippen LogP contribution in [0.15, 0.2) is 36.5 Å². The van der Waals surface area contributed by atoms with Crippen LogP contribution >= 0.6 is 0 Å². The predicted molar refractivity (Wildman–Crippen MR) is 301 cm³/mol. The third-order valence-corrected chi connectivity index (χ3v) is 14.5. The van der Waals surface area contributed by atoms with Crippen LogP contribution in [0.5, 0.6) is 0 Å². The van der Waals surface area contributed by atoms with Gasteiger partial charge in [0.25, 0.3) is 0 Å². The van der Waals surface area contributed by atoms with Crippen LogP contribution in [0.25, 0.3) is 0 Å². The van der Waals surface area contributed by atoms with Crippen molar-refractivity contribution < 1.29 is 49.3 Å². The third kappa shape index (κ3) is 41.7. The van der Waals surface area contributed by atoms with Crippen molar-refractivity contribution >= 4 is 11.9 Å². The van der Waals surface area contributed by atoms with Gasteiger partial charge in [-0.25, -0.2) is 0 Å². The molecule has 73 heavy (non-hydrogen) atoms. The zero-order valence-electron chi connectivity index (χ0n) is 47.1. The smallest absolute Gasteiger partial charge is 0.305 e. The molecule has 428 valence electrons. The molecule has 11 heteroatoms. The van der Waals surface area contributed by atoms with Gasteiger partial charge in [0.2, 0.25) is 5.91 Å². The Balaban J connectivity index is 2.01. The van der Waals surface area contributed by atoms with E-state index in [2.05, 4.69) is 43.5 Å². The quantitative estimate of drug-likeness (QED) is 0.0195. The first-order valence-corrected chi connectivity index (χ1v) is 30.8. The van der Waals surface area contributed by atoms with E-state index in [4.69, 9.17) is 14.2 Å². The minimum absolute atomic E-state index is 0.00508. The maximum atomic E-state index is 13.0. The van der Waals surface area contributed by atoms with Crippen LogP contribution in [0.1, 0.15) is 284 Å². The highest BCUT2D eigenvalue weighted by Crippen LogP contribution is 2.23. The van der Waals surface area contributed by atoms with Gasteiger partial charge in [0, 0.05) is 12.8 Å². The number of carbonyl (C=O) groups excluding carboxylic acids is 2. The number of unbranched alkanes of at least 4 members (excludes halogenated alkanes) is 35. The van der Waals surface area contributed by atoms with Gasteiger partial charge >= 0.3 is 5.97 Å². The number of ether oxygens (including phenoxy) is 3. The van der Waals surface area contributed by atoms with Crippen LogP contribution in [0.4, 0.5) is 0 Å². The number of aliphatic hydroxyl groups is 5. The first-order chi connectivity index (χ1) is 35.7. The van der Waals surface area contributed by atoms with E-state index in [9.17, 15) is 35.1 Å².